The highest BCUT2D eigenvalue weighted by atomic mass is 16.2. The maximum atomic E-state index is 14.1. The fourth-order valence-electron chi connectivity index (χ4n) is 4.57. The molecule has 6 rings (SSSR count). The molecule has 10 heteroatoms. The molecular formula is C29H22N8O2. The van der Waals surface area contributed by atoms with Gasteiger partial charge in [-0.15, -0.1) is 5.10 Å². The van der Waals surface area contributed by atoms with Gasteiger partial charge >= 0.3 is 0 Å². The van der Waals surface area contributed by atoms with E-state index in [0.717, 1.165) is 0 Å². The number of H-pyrrole nitrogens is 1. The summed E-state index contributed by atoms with van der Waals surface area (Å²) in [4.78, 5) is 38.7. The zero-order chi connectivity index (χ0) is 26.9. The lowest BCUT2D eigenvalue weighted by Crippen LogP contribution is -2.32. The number of hydrogen-bond acceptors (Lipinski definition) is 6. The second-order valence-electron chi connectivity index (χ2n) is 8.87. The highest BCUT2D eigenvalue weighted by Crippen LogP contribution is 2.24. The molecule has 190 valence electrons. The molecular weight excluding hydrogens is 492 g/mol. The molecule has 1 atom stereocenters. The third kappa shape index (κ3) is 4.28. The Morgan fingerprint density at radius 3 is 2.74 bits per heavy atom. The molecule has 6 aromatic rings. The van der Waals surface area contributed by atoms with Crippen LogP contribution in [0, 0.1) is 11.8 Å². The Morgan fingerprint density at radius 2 is 1.95 bits per heavy atom. The van der Waals surface area contributed by atoms with Gasteiger partial charge < -0.3 is 16.0 Å². The zero-order valence-corrected chi connectivity index (χ0v) is 20.8. The first-order valence-electron chi connectivity index (χ1n) is 12.2. The minimum atomic E-state index is -0.576. The van der Waals surface area contributed by atoms with Crippen LogP contribution in [-0.4, -0.2) is 35.0 Å². The van der Waals surface area contributed by atoms with Crippen molar-refractivity contribution in [2.75, 3.05) is 5.73 Å². The van der Waals surface area contributed by atoms with E-state index >= 15 is 0 Å². The van der Waals surface area contributed by atoms with Crippen LogP contribution in [0.4, 0.5) is 5.82 Å². The number of nitrogens with one attached hydrogen (secondary N) is 2. The molecule has 0 aliphatic heterocycles. The van der Waals surface area contributed by atoms with Crippen LogP contribution in [0.2, 0.25) is 0 Å². The average Bonchev–Trinajstić information content (AvgIpc) is 3.59. The number of carbonyl (C=O) groups is 1. The van der Waals surface area contributed by atoms with Crippen LogP contribution in [0.15, 0.2) is 90.4 Å². The minimum absolute atomic E-state index is 0.0674. The van der Waals surface area contributed by atoms with E-state index in [9.17, 15) is 9.59 Å². The molecule has 39 heavy (non-hydrogen) atoms. The summed E-state index contributed by atoms with van der Waals surface area (Å²) in [6.45, 7) is 1.81. The summed E-state index contributed by atoms with van der Waals surface area (Å²) >= 11 is 0. The highest BCUT2D eigenvalue weighted by Gasteiger charge is 2.23. The van der Waals surface area contributed by atoms with Crippen molar-refractivity contribution in [3.8, 4) is 17.5 Å². The van der Waals surface area contributed by atoms with E-state index in [0.29, 0.717) is 39.1 Å². The van der Waals surface area contributed by atoms with Crippen molar-refractivity contribution >= 4 is 28.1 Å². The molecule has 0 fully saturated rings. The van der Waals surface area contributed by atoms with Crippen LogP contribution < -0.4 is 16.6 Å². The summed E-state index contributed by atoms with van der Waals surface area (Å²) < 4.78 is 3.06. The van der Waals surface area contributed by atoms with E-state index in [1.54, 1.807) is 35.6 Å². The minimum Gasteiger partial charge on any atom is -0.381 e. The van der Waals surface area contributed by atoms with Crippen LogP contribution in [-0.2, 0) is 0 Å². The zero-order valence-electron chi connectivity index (χ0n) is 20.8. The summed E-state index contributed by atoms with van der Waals surface area (Å²) in [6.07, 6.45) is 6.41. The third-order valence-electron chi connectivity index (χ3n) is 6.36. The first kappa shape index (κ1) is 23.7. The number of imidazole rings is 1. The van der Waals surface area contributed by atoms with Gasteiger partial charge in [0, 0.05) is 29.3 Å². The second kappa shape index (κ2) is 9.64. The van der Waals surface area contributed by atoms with Crippen molar-refractivity contribution in [1.29, 1.82) is 0 Å². The summed E-state index contributed by atoms with van der Waals surface area (Å²) in [5, 5.41) is 8.34. The number of amides is 1. The van der Waals surface area contributed by atoms with Gasteiger partial charge in [0.05, 0.1) is 24.0 Å². The van der Waals surface area contributed by atoms with Gasteiger partial charge in [0.1, 0.15) is 11.3 Å². The highest BCUT2D eigenvalue weighted by molar-refractivity contribution is 6.04. The molecule has 4 N–H and O–H groups in total. The monoisotopic (exact) mass is 514 g/mol. The normalized spacial score (nSPS) is 11.7. The number of carbonyl (C=O) groups excluding carboxylic acids is 1. The van der Waals surface area contributed by atoms with Crippen LogP contribution in [0.25, 0.3) is 22.1 Å². The van der Waals surface area contributed by atoms with E-state index in [2.05, 4.69) is 37.2 Å². The van der Waals surface area contributed by atoms with Crippen molar-refractivity contribution in [3.63, 3.8) is 0 Å². The largest absolute Gasteiger partial charge is 0.381 e. The van der Waals surface area contributed by atoms with Crippen LogP contribution in [0.5, 0.6) is 0 Å². The number of anilines is 1. The molecule has 0 bridgehead atoms. The van der Waals surface area contributed by atoms with Crippen molar-refractivity contribution in [1.82, 2.24) is 34.4 Å². The first-order chi connectivity index (χ1) is 19.0. The number of hydrogen-bond donors (Lipinski definition) is 3. The Balaban J connectivity index is 1.48. The quantitative estimate of drug-likeness (QED) is 0.309. The Hall–Kier alpha value is -5.69. The summed E-state index contributed by atoms with van der Waals surface area (Å²) in [5.41, 5.74) is 8.82. The number of rotatable bonds is 4. The molecule has 4 aromatic heterocycles. The van der Waals surface area contributed by atoms with Gasteiger partial charge in [0.25, 0.3) is 11.5 Å². The van der Waals surface area contributed by atoms with Gasteiger partial charge in [-0.1, -0.05) is 36.3 Å². The number of fused-ring (bicyclic) bond motifs is 2. The molecule has 2 aromatic carbocycles. The van der Waals surface area contributed by atoms with Gasteiger partial charge in [-0.3, -0.25) is 14.2 Å². The molecule has 0 unspecified atom stereocenters. The maximum Gasteiger partial charge on any atom is 0.264 e. The Labute approximate surface area is 222 Å². The van der Waals surface area contributed by atoms with Crippen molar-refractivity contribution in [3.05, 3.63) is 118 Å². The number of nitrogen functional groups attached to an aromatic ring is 1. The predicted octanol–water partition coefficient (Wildman–Crippen LogP) is 3.23. The molecule has 0 radical (unpaired) electrons. The average molecular weight is 515 g/mol. The molecule has 0 saturated heterocycles. The summed E-state index contributed by atoms with van der Waals surface area (Å²) in [5.74, 6) is 5.74. The number of aromatic nitrogens is 6. The standard InChI is InChI=1S/C29H22N8O2/c1-18(34-28(38)25-26(30)35-36-14-6-13-32-27(25)36)23-15-20-8-5-7-19(11-12-21-16-31-17-33-21)24(20)29(39)37(23)22-9-3-2-4-10-22/h2-10,13-18H,1H3,(H2,30,35)(H,31,33)(H,34,38)/t18-/m0/s1. The SMILES string of the molecule is C[C@H](NC(=O)c1c(N)nn2cccnc12)c1cc2cccc(C#Cc3cnc[nH]3)c2c(=O)n1-c1ccccc1. The maximum absolute atomic E-state index is 14.1. The third-order valence-corrected chi connectivity index (χ3v) is 6.36. The van der Waals surface area contributed by atoms with Gasteiger partial charge in [0.2, 0.25) is 0 Å². The van der Waals surface area contributed by atoms with Gasteiger partial charge in [0.15, 0.2) is 11.5 Å². The lowest BCUT2D eigenvalue weighted by atomic mass is 10.0. The lowest BCUT2D eigenvalue weighted by molar-refractivity contribution is 0.0941. The van der Waals surface area contributed by atoms with Crippen molar-refractivity contribution in [2.24, 2.45) is 0 Å². The summed E-state index contributed by atoms with van der Waals surface area (Å²) in [7, 11) is 0. The fraction of sp³-hybridized carbons (Fsp3) is 0.0690. The topological polar surface area (TPSA) is 136 Å². The number of nitrogens with two attached hydrogens (primary N) is 1. The Kier molecular flexibility index (Phi) is 5.86. The lowest BCUT2D eigenvalue weighted by Gasteiger charge is -2.21. The van der Waals surface area contributed by atoms with Gasteiger partial charge in [-0.25, -0.2) is 14.5 Å². The summed E-state index contributed by atoms with van der Waals surface area (Å²) in [6, 6.07) is 17.8. The first-order valence-corrected chi connectivity index (χ1v) is 12.2. The molecule has 1 amide bonds. The van der Waals surface area contributed by atoms with E-state index in [1.807, 2.05) is 61.5 Å². The number of para-hydroxylation sites is 1. The number of aromatic amines is 1. The number of benzene rings is 2. The molecule has 0 aliphatic rings. The molecule has 0 saturated carbocycles. The predicted molar refractivity (Wildman–Crippen MR) is 147 cm³/mol. The molecule has 0 aliphatic carbocycles. The van der Waals surface area contributed by atoms with Crippen LogP contribution in [0.1, 0.15) is 40.3 Å². The number of pyridine rings is 1. The van der Waals surface area contributed by atoms with E-state index in [1.165, 1.54) is 4.52 Å². The Morgan fingerprint density at radius 1 is 1.10 bits per heavy atom. The van der Waals surface area contributed by atoms with Gasteiger partial charge in [-0.2, -0.15) is 0 Å². The van der Waals surface area contributed by atoms with Crippen LogP contribution >= 0.6 is 0 Å². The van der Waals surface area contributed by atoms with E-state index in [-0.39, 0.29) is 16.9 Å². The molecule has 10 nitrogen and oxygen atoms in total. The fourth-order valence-corrected chi connectivity index (χ4v) is 4.57. The van der Waals surface area contributed by atoms with E-state index < -0.39 is 11.9 Å². The van der Waals surface area contributed by atoms with Crippen LogP contribution in [0.3, 0.4) is 0 Å². The Bertz CT molecular complexity index is 1960. The molecule has 4 heterocycles. The second-order valence-corrected chi connectivity index (χ2v) is 8.87. The molecule has 0 spiro atoms. The van der Waals surface area contributed by atoms with Gasteiger partial charge in [-0.05, 0) is 48.6 Å². The van der Waals surface area contributed by atoms with E-state index in [4.69, 9.17) is 5.73 Å². The smallest absolute Gasteiger partial charge is 0.264 e. The van der Waals surface area contributed by atoms with Crippen molar-refractivity contribution in [2.45, 2.75) is 13.0 Å². The van der Waals surface area contributed by atoms with Crippen molar-refractivity contribution < 1.29 is 4.79 Å². The number of nitrogens with zero attached hydrogens (tertiary/aromatic N) is 5.